The van der Waals surface area contributed by atoms with Crippen LogP contribution < -0.4 is 5.32 Å². The van der Waals surface area contributed by atoms with Crippen molar-refractivity contribution >= 4 is 11.6 Å². The Morgan fingerprint density at radius 1 is 0.882 bits per heavy atom. The third-order valence-corrected chi connectivity index (χ3v) is 2.29. The summed E-state index contributed by atoms with van der Waals surface area (Å²) in [4.78, 5) is 11.8. The molecule has 17 heavy (non-hydrogen) atoms. The average molecular weight is 229 g/mol. The van der Waals surface area contributed by atoms with Crippen molar-refractivity contribution in [3.05, 3.63) is 54.1 Å². The first kappa shape index (κ1) is 11.0. The zero-order valence-electron chi connectivity index (χ0n) is 8.92. The maximum Gasteiger partial charge on any atom is 0.255 e. The van der Waals surface area contributed by atoms with Crippen LogP contribution in [0.1, 0.15) is 10.4 Å². The number of phenols is 2. The molecule has 0 aromatic heterocycles. The van der Waals surface area contributed by atoms with Gasteiger partial charge < -0.3 is 15.5 Å². The highest BCUT2D eigenvalue weighted by molar-refractivity contribution is 6.05. The first-order valence-corrected chi connectivity index (χ1v) is 5.06. The second kappa shape index (κ2) is 4.57. The minimum Gasteiger partial charge on any atom is -0.506 e. The van der Waals surface area contributed by atoms with Crippen molar-refractivity contribution in [3.8, 4) is 11.5 Å². The van der Waals surface area contributed by atoms with E-state index in [1.165, 1.54) is 18.2 Å². The summed E-state index contributed by atoms with van der Waals surface area (Å²) < 4.78 is 0. The largest absolute Gasteiger partial charge is 0.506 e. The second-order valence-corrected chi connectivity index (χ2v) is 3.49. The summed E-state index contributed by atoms with van der Waals surface area (Å²) in [6, 6.07) is 12.8. The fourth-order valence-corrected chi connectivity index (χ4v) is 1.43. The summed E-state index contributed by atoms with van der Waals surface area (Å²) >= 11 is 0. The standard InChI is InChI=1S/C13H11NO3/c15-10-7-4-8-11(16)12(10)14-13(17)9-5-2-1-3-6-9/h1-8,15-16H,(H,14,17). The van der Waals surface area contributed by atoms with Gasteiger partial charge in [0.2, 0.25) is 0 Å². The summed E-state index contributed by atoms with van der Waals surface area (Å²) in [5.74, 6) is -0.731. The molecule has 2 aromatic carbocycles. The van der Waals surface area contributed by atoms with Gasteiger partial charge in [-0.15, -0.1) is 0 Å². The van der Waals surface area contributed by atoms with E-state index in [0.29, 0.717) is 5.56 Å². The molecule has 0 aliphatic rings. The third-order valence-electron chi connectivity index (χ3n) is 2.29. The molecule has 1 amide bonds. The fraction of sp³-hybridized carbons (Fsp3) is 0. The number of aromatic hydroxyl groups is 2. The van der Waals surface area contributed by atoms with E-state index in [2.05, 4.69) is 5.32 Å². The highest BCUT2D eigenvalue weighted by atomic mass is 16.3. The fourth-order valence-electron chi connectivity index (χ4n) is 1.43. The van der Waals surface area contributed by atoms with E-state index in [0.717, 1.165) is 0 Å². The average Bonchev–Trinajstić information content (AvgIpc) is 2.35. The highest BCUT2D eigenvalue weighted by Crippen LogP contribution is 2.32. The van der Waals surface area contributed by atoms with Gasteiger partial charge in [0.05, 0.1) is 0 Å². The highest BCUT2D eigenvalue weighted by Gasteiger charge is 2.11. The molecule has 2 rings (SSSR count). The molecule has 0 saturated heterocycles. The van der Waals surface area contributed by atoms with Crippen molar-refractivity contribution in [1.29, 1.82) is 0 Å². The summed E-state index contributed by atoms with van der Waals surface area (Å²) in [5, 5.41) is 21.5. The first-order chi connectivity index (χ1) is 8.18. The molecular formula is C13H11NO3. The predicted octanol–water partition coefficient (Wildman–Crippen LogP) is 2.35. The normalized spacial score (nSPS) is 9.88. The number of rotatable bonds is 2. The van der Waals surface area contributed by atoms with E-state index in [1.807, 2.05) is 0 Å². The molecule has 4 nitrogen and oxygen atoms in total. The molecule has 0 aliphatic carbocycles. The van der Waals surface area contributed by atoms with E-state index < -0.39 is 0 Å². The Hall–Kier alpha value is -2.49. The molecule has 86 valence electrons. The van der Waals surface area contributed by atoms with Gasteiger partial charge in [0.1, 0.15) is 17.2 Å². The van der Waals surface area contributed by atoms with E-state index in [4.69, 9.17) is 0 Å². The Balaban J connectivity index is 2.25. The number of amides is 1. The van der Waals surface area contributed by atoms with Crippen LogP contribution in [0, 0.1) is 0 Å². The lowest BCUT2D eigenvalue weighted by Crippen LogP contribution is -2.11. The number of para-hydroxylation sites is 1. The summed E-state index contributed by atoms with van der Waals surface area (Å²) in [5.41, 5.74) is 0.469. The summed E-state index contributed by atoms with van der Waals surface area (Å²) in [6.45, 7) is 0. The van der Waals surface area contributed by atoms with Gasteiger partial charge in [-0.3, -0.25) is 4.79 Å². The lowest BCUT2D eigenvalue weighted by molar-refractivity contribution is 0.102. The Morgan fingerprint density at radius 3 is 2.06 bits per heavy atom. The number of anilines is 1. The van der Waals surface area contributed by atoms with E-state index >= 15 is 0 Å². The summed E-state index contributed by atoms with van der Waals surface area (Å²) in [6.07, 6.45) is 0. The minimum absolute atomic E-state index is 0.0151. The van der Waals surface area contributed by atoms with Gasteiger partial charge in [-0.2, -0.15) is 0 Å². The number of phenolic OH excluding ortho intramolecular Hbond substituents is 2. The van der Waals surface area contributed by atoms with Crippen LogP contribution >= 0.6 is 0 Å². The molecule has 0 radical (unpaired) electrons. The Morgan fingerprint density at radius 2 is 1.47 bits per heavy atom. The van der Waals surface area contributed by atoms with Gasteiger partial charge in [0.25, 0.3) is 5.91 Å². The Kier molecular flexibility index (Phi) is 2.96. The predicted molar refractivity (Wildman–Crippen MR) is 64.2 cm³/mol. The van der Waals surface area contributed by atoms with Crippen molar-refractivity contribution in [2.45, 2.75) is 0 Å². The quantitative estimate of drug-likeness (QED) is 0.692. The van der Waals surface area contributed by atoms with Crippen molar-refractivity contribution in [2.75, 3.05) is 5.32 Å². The van der Waals surface area contributed by atoms with Crippen LogP contribution in [0.4, 0.5) is 5.69 Å². The van der Waals surface area contributed by atoms with E-state index in [1.54, 1.807) is 30.3 Å². The van der Waals surface area contributed by atoms with Crippen molar-refractivity contribution in [1.82, 2.24) is 0 Å². The summed E-state index contributed by atoms with van der Waals surface area (Å²) in [7, 11) is 0. The van der Waals surface area contributed by atoms with Crippen LogP contribution in [0.25, 0.3) is 0 Å². The third kappa shape index (κ3) is 2.36. The van der Waals surface area contributed by atoms with Crippen LogP contribution in [-0.2, 0) is 0 Å². The zero-order chi connectivity index (χ0) is 12.3. The van der Waals surface area contributed by atoms with Crippen molar-refractivity contribution < 1.29 is 15.0 Å². The molecule has 3 N–H and O–H groups in total. The maximum absolute atomic E-state index is 11.8. The minimum atomic E-state index is -0.387. The van der Waals surface area contributed by atoms with Crippen molar-refractivity contribution in [2.24, 2.45) is 0 Å². The SMILES string of the molecule is O=C(Nc1c(O)cccc1O)c1ccccc1. The maximum atomic E-state index is 11.8. The lowest BCUT2D eigenvalue weighted by Gasteiger charge is -2.08. The molecular weight excluding hydrogens is 218 g/mol. The second-order valence-electron chi connectivity index (χ2n) is 3.49. The van der Waals surface area contributed by atoms with Gasteiger partial charge in [-0.1, -0.05) is 24.3 Å². The molecule has 0 unspecified atom stereocenters. The molecule has 0 heterocycles. The number of hydrogen-bond acceptors (Lipinski definition) is 3. The van der Waals surface area contributed by atoms with Crippen LogP contribution in [0.5, 0.6) is 11.5 Å². The number of carbonyl (C=O) groups excluding carboxylic acids is 1. The van der Waals surface area contributed by atoms with Crippen LogP contribution in [0.15, 0.2) is 48.5 Å². The Bertz CT molecular complexity index is 517. The molecule has 0 bridgehead atoms. The molecule has 0 atom stereocenters. The number of nitrogens with one attached hydrogen (secondary N) is 1. The first-order valence-electron chi connectivity index (χ1n) is 5.06. The molecule has 0 fully saturated rings. The van der Waals surface area contributed by atoms with Gasteiger partial charge in [0.15, 0.2) is 0 Å². The lowest BCUT2D eigenvalue weighted by atomic mass is 10.2. The topological polar surface area (TPSA) is 69.6 Å². The number of carbonyl (C=O) groups is 1. The van der Waals surface area contributed by atoms with Crippen LogP contribution in [0.2, 0.25) is 0 Å². The van der Waals surface area contributed by atoms with E-state index in [9.17, 15) is 15.0 Å². The number of hydrogen-bond donors (Lipinski definition) is 3. The van der Waals surface area contributed by atoms with E-state index in [-0.39, 0.29) is 23.1 Å². The molecule has 0 aliphatic heterocycles. The van der Waals surface area contributed by atoms with Crippen LogP contribution in [0.3, 0.4) is 0 Å². The van der Waals surface area contributed by atoms with Crippen LogP contribution in [-0.4, -0.2) is 16.1 Å². The molecule has 0 saturated carbocycles. The zero-order valence-corrected chi connectivity index (χ0v) is 8.92. The monoisotopic (exact) mass is 229 g/mol. The van der Waals surface area contributed by atoms with Gasteiger partial charge in [-0.25, -0.2) is 0 Å². The van der Waals surface area contributed by atoms with Gasteiger partial charge in [0, 0.05) is 5.56 Å². The van der Waals surface area contributed by atoms with Crippen molar-refractivity contribution in [3.63, 3.8) is 0 Å². The van der Waals surface area contributed by atoms with Gasteiger partial charge in [-0.05, 0) is 24.3 Å². The molecule has 0 spiro atoms. The van der Waals surface area contributed by atoms with Gasteiger partial charge >= 0.3 is 0 Å². The molecule has 2 aromatic rings. The molecule has 4 heteroatoms. The Labute approximate surface area is 98.2 Å². The number of benzene rings is 2. The smallest absolute Gasteiger partial charge is 0.255 e.